The van der Waals surface area contributed by atoms with Crippen LogP contribution in [0.1, 0.15) is 11.1 Å². The Morgan fingerprint density at radius 1 is 1.23 bits per heavy atom. The molecule has 1 aromatic carbocycles. The van der Waals surface area contributed by atoms with Gasteiger partial charge < -0.3 is 20.4 Å². The molecule has 26 heavy (non-hydrogen) atoms. The van der Waals surface area contributed by atoms with Crippen molar-refractivity contribution in [3.8, 4) is 34.5 Å². The number of H-pyrrole nitrogens is 2. The monoisotopic (exact) mass is 343 g/mol. The Morgan fingerprint density at radius 2 is 2.08 bits per heavy atom. The molecule has 4 N–H and O–H groups in total. The fourth-order valence-electron chi connectivity index (χ4n) is 3.21. The van der Waals surface area contributed by atoms with E-state index >= 15 is 0 Å². The number of hydrogen-bond donors (Lipinski definition) is 3. The normalized spacial score (nSPS) is 10.8. The molecular weight excluding hydrogens is 326 g/mol. The first-order valence-electron chi connectivity index (χ1n) is 8.13. The summed E-state index contributed by atoms with van der Waals surface area (Å²) in [6.45, 7) is 2.01. The molecule has 4 aromatic rings. The molecule has 0 aliphatic rings. The number of nitrogens with one attached hydrogen (secondary N) is 2. The molecule has 0 spiro atoms. The summed E-state index contributed by atoms with van der Waals surface area (Å²) >= 11 is 0. The van der Waals surface area contributed by atoms with Crippen LogP contribution in [0.15, 0.2) is 42.6 Å². The largest absolute Gasteiger partial charge is 0.497 e. The number of aromatic nitrogens is 3. The van der Waals surface area contributed by atoms with Gasteiger partial charge in [0.2, 0.25) is 0 Å². The van der Waals surface area contributed by atoms with Gasteiger partial charge in [-0.3, -0.25) is 0 Å². The van der Waals surface area contributed by atoms with Crippen molar-refractivity contribution in [1.82, 2.24) is 15.0 Å². The lowest BCUT2D eigenvalue weighted by Crippen LogP contribution is -2.00. The molecule has 3 heterocycles. The summed E-state index contributed by atoms with van der Waals surface area (Å²) < 4.78 is 5.32. The third-order valence-electron chi connectivity index (χ3n) is 4.57. The van der Waals surface area contributed by atoms with Gasteiger partial charge >= 0.3 is 0 Å². The third kappa shape index (κ3) is 2.38. The summed E-state index contributed by atoms with van der Waals surface area (Å²) in [5.74, 6) is 0.998. The average molecular weight is 343 g/mol. The Balaban J connectivity index is 1.99. The number of rotatable bonds is 3. The topological polar surface area (TPSA) is 104 Å². The Bertz CT molecular complexity index is 1150. The Kier molecular flexibility index (Phi) is 3.63. The maximum absolute atomic E-state index is 9.62. The van der Waals surface area contributed by atoms with Gasteiger partial charge in [0.15, 0.2) is 0 Å². The Hall–Kier alpha value is -3.72. The van der Waals surface area contributed by atoms with E-state index in [9.17, 15) is 5.26 Å². The molecule has 4 rings (SSSR count). The van der Waals surface area contributed by atoms with Crippen molar-refractivity contribution < 1.29 is 4.74 Å². The van der Waals surface area contributed by atoms with Crippen LogP contribution in [0.4, 0.5) is 5.82 Å². The molecule has 0 bridgehead atoms. The number of aryl methyl sites for hydroxylation is 1. The van der Waals surface area contributed by atoms with Gasteiger partial charge in [0, 0.05) is 22.7 Å². The van der Waals surface area contributed by atoms with Crippen molar-refractivity contribution in [2.45, 2.75) is 6.92 Å². The van der Waals surface area contributed by atoms with Crippen LogP contribution in [0, 0.1) is 18.3 Å². The van der Waals surface area contributed by atoms with Crippen LogP contribution in [-0.4, -0.2) is 22.1 Å². The minimum absolute atomic E-state index is 0.213. The van der Waals surface area contributed by atoms with Gasteiger partial charge in [-0.05, 0) is 48.9 Å². The minimum Gasteiger partial charge on any atom is -0.497 e. The first kappa shape index (κ1) is 15.8. The first-order valence-corrected chi connectivity index (χ1v) is 8.13. The fourth-order valence-corrected chi connectivity index (χ4v) is 3.21. The van der Waals surface area contributed by atoms with E-state index in [1.807, 2.05) is 49.5 Å². The number of nitrogen functional groups attached to an aromatic ring is 1. The molecule has 0 saturated heterocycles. The zero-order valence-electron chi connectivity index (χ0n) is 14.4. The average Bonchev–Trinajstić information content (AvgIpc) is 3.29. The maximum atomic E-state index is 9.62. The van der Waals surface area contributed by atoms with Crippen molar-refractivity contribution in [2.75, 3.05) is 12.8 Å². The molecular formula is C20H17N5O. The number of hydrogen-bond acceptors (Lipinski definition) is 4. The van der Waals surface area contributed by atoms with Crippen LogP contribution in [0.2, 0.25) is 0 Å². The standard InChI is InChI=1S/C20H17N5O/c1-11-13-8-12(26-2)5-6-16(13)24-19(11)14-9-18(17-4-3-7-23-17)25-20(22)15(14)10-21/h3-9,23-24H,1-2H3,(H2,22,25). The minimum atomic E-state index is 0.213. The van der Waals surface area contributed by atoms with Crippen molar-refractivity contribution in [3.63, 3.8) is 0 Å². The highest BCUT2D eigenvalue weighted by molar-refractivity contribution is 5.93. The van der Waals surface area contributed by atoms with E-state index in [0.29, 0.717) is 11.3 Å². The van der Waals surface area contributed by atoms with Gasteiger partial charge in [0.25, 0.3) is 0 Å². The van der Waals surface area contributed by atoms with Crippen molar-refractivity contribution in [1.29, 1.82) is 5.26 Å². The third-order valence-corrected chi connectivity index (χ3v) is 4.57. The summed E-state index contributed by atoms with van der Waals surface area (Å²) in [7, 11) is 1.64. The first-order chi connectivity index (χ1) is 12.6. The lowest BCUT2D eigenvalue weighted by atomic mass is 10.0. The van der Waals surface area contributed by atoms with E-state index in [1.165, 1.54) is 0 Å². The van der Waals surface area contributed by atoms with Crippen LogP contribution >= 0.6 is 0 Å². The molecule has 6 heteroatoms. The number of methoxy groups -OCH3 is 1. The predicted octanol–water partition coefficient (Wildman–Crippen LogP) is 4.00. The predicted molar refractivity (Wildman–Crippen MR) is 102 cm³/mol. The molecule has 3 aromatic heterocycles. The second-order valence-corrected chi connectivity index (χ2v) is 6.05. The van der Waals surface area contributed by atoms with Crippen molar-refractivity contribution in [2.24, 2.45) is 0 Å². The Morgan fingerprint density at radius 3 is 2.77 bits per heavy atom. The number of ether oxygens (including phenoxy) is 1. The highest BCUT2D eigenvalue weighted by atomic mass is 16.5. The van der Waals surface area contributed by atoms with Gasteiger partial charge in [-0.15, -0.1) is 0 Å². The molecule has 0 amide bonds. The highest BCUT2D eigenvalue weighted by Crippen LogP contribution is 2.36. The summed E-state index contributed by atoms with van der Waals surface area (Å²) in [5.41, 5.74) is 11.6. The molecule has 128 valence electrons. The van der Waals surface area contributed by atoms with Gasteiger partial charge in [-0.1, -0.05) is 0 Å². The molecule has 0 unspecified atom stereocenters. The number of fused-ring (bicyclic) bond motifs is 1. The molecule has 0 radical (unpaired) electrons. The van der Waals surface area contributed by atoms with E-state index in [4.69, 9.17) is 10.5 Å². The maximum Gasteiger partial charge on any atom is 0.142 e. The number of pyridine rings is 1. The molecule has 0 saturated carbocycles. The number of benzene rings is 1. The van der Waals surface area contributed by atoms with E-state index in [0.717, 1.165) is 39.2 Å². The second kappa shape index (κ2) is 5.97. The highest BCUT2D eigenvalue weighted by Gasteiger charge is 2.18. The Labute approximate surface area is 150 Å². The zero-order chi connectivity index (χ0) is 18.3. The molecule has 0 atom stereocenters. The number of aromatic amines is 2. The molecule has 6 nitrogen and oxygen atoms in total. The van der Waals surface area contributed by atoms with Crippen LogP contribution in [0.25, 0.3) is 33.5 Å². The van der Waals surface area contributed by atoms with Gasteiger partial charge in [-0.25, -0.2) is 4.98 Å². The summed E-state index contributed by atoms with van der Waals surface area (Å²) in [6, 6.07) is 13.7. The fraction of sp³-hybridized carbons (Fsp3) is 0.100. The summed E-state index contributed by atoms with van der Waals surface area (Å²) in [6.07, 6.45) is 1.82. The van der Waals surface area contributed by atoms with Gasteiger partial charge in [-0.2, -0.15) is 5.26 Å². The quantitative estimate of drug-likeness (QED) is 0.523. The number of anilines is 1. The lowest BCUT2D eigenvalue weighted by Gasteiger charge is -2.09. The van der Waals surface area contributed by atoms with E-state index < -0.39 is 0 Å². The SMILES string of the molecule is COc1ccc2[nH]c(-c3cc(-c4ccc[nH]4)nc(N)c3C#N)c(C)c2c1. The lowest BCUT2D eigenvalue weighted by molar-refractivity contribution is 0.415. The molecule has 0 fully saturated rings. The second-order valence-electron chi connectivity index (χ2n) is 6.05. The van der Waals surface area contributed by atoms with Gasteiger partial charge in [0.05, 0.1) is 24.2 Å². The summed E-state index contributed by atoms with van der Waals surface area (Å²) in [5, 5.41) is 10.7. The zero-order valence-corrected chi connectivity index (χ0v) is 14.4. The smallest absolute Gasteiger partial charge is 0.142 e. The van der Waals surface area contributed by atoms with Crippen molar-refractivity contribution in [3.05, 3.63) is 53.7 Å². The molecule has 0 aliphatic heterocycles. The van der Waals surface area contributed by atoms with E-state index in [2.05, 4.69) is 21.0 Å². The number of nitriles is 1. The van der Waals surface area contributed by atoms with E-state index in [-0.39, 0.29) is 5.82 Å². The summed E-state index contributed by atoms with van der Waals surface area (Å²) in [4.78, 5) is 10.9. The van der Waals surface area contributed by atoms with Crippen LogP contribution in [-0.2, 0) is 0 Å². The molecule has 0 aliphatic carbocycles. The van der Waals surface area contributed by atoms with Crippen molar-refractivity contribution >= 4 is 16.7 Å². The number of nitrogens with two attached hydrogens (primary N) is 1. The van der Waals surface area contributed by atoms with Gasteiger partial charge in [0.1, 0.15) is 23.2 Å². The van der Waals surface area contributed by atoms with Crippen LogP contribution in [0.5, 0.6) is 5.75 Å². The van der Waals surface area contributed by atoms with Crippen LogP contribution in [0.3, 0.4) is 0 Å². The van der Waals surface area contributed by atoms with E-state index in [1.54, 1.807) is 7.11 Å². The number of nitrogens with zero attached hydrogens (tertiary/aromatic N) is 2. The van der Waals surface area contributed by atoms with Crippen LogP contribution < -0.4 is 10.5 Å².